The SMILES string of the molecule is CCOc1ccc(N2Cc3ccc(C(=O)O)cc3C2=O)cc1. The molecule has 0 spiro atoms. The molecule has 112 valence electrons. The molecule has 0 unspecified atom stereocenters. The van der Waals surface area contributed by atoms with Gasteiger partial charge in [0.05, 0.1) is 18.7 Å². The minimum atomic E-state index is -1.03. The van der Waals surface area contributed by atoms with Crippen molar-refractivity contribution in [1.82, 2.24) is 0 Å². The molecule has 2 aromatic carbocycles. The Hall–Kier alpha value is -2.82. The zero-order valence-electron chi connectivity index (χ0n) is 12.1. The molecule has 3 rings (SSSR count). The van der Waals surface area contributed by atoms with Crippen LogP contribution in [0.1, 0.15) is 33.2 Å². The van der Waals surface area contributed by atoms with Gasteiger partial charge in [-0.3, -0.25) is 4.79 Å². The van der Waals surface area contributed by atoms with E-state index in [0.29, 0.717) is 18.7 Å². The van der Waals surface area contributed by atoms with E-state index in [4.69, 9.17) is 9.84 Å². The zero-order valence-corrected chi connectivity index (χ0v) is 12.1. The Morgan fingerprint density at radius 2 is 1.95 bits per heavy atom. The van der Waals surface area contributed by atoms with E-state index in [-0.39, 0.29) is 11.5 Å². The van der Waals surface area contributed by atoms with Crippen molar-refractivity contribution in [2.75, 3.05) is 11.5 Å². The number of aromatic carboxylic acids is 1. The predicted octanol–water partition coefficient (Wildman–Crippen LogP) is 2.94. The van der Waals surface area contributed by atoms with Crippen molar-refractivity contribution in [3.8, 4) is 5.75 Å². The van der Waals surface area contributed by atoms with Crippen LogP contribution in [-0.2, 0) is 6.54 Å². The summed E-state index contributed by atoms with van der Waals surface area (Å²) >= 11 is 0. The van der Waals surface area contributed by atoms with Crippen molar-refractivity contribution in [2.24, 2.45) is 0 Å². The number of carbonyl (C=O) groups is 2. The standard InChI is InChI=1S/C17H15NO4/c1-2-22-14-7-5-13(6-8-14)18-10-12-4-3-11(17(20)21)9-15(12)16(18)19/h3-9H,2,10H2,1H3,(H,20,21). The molecule has 1 aliphatic heterocycles. The lowest BCUT2D eigenvalue weighted by Gasteiger charge is -2.16. The molecule has 0 saturated heterocycles. The maximum absolute atomic E-state index is 12.5. The van der Waals surface area contributed by atoms with Crippen LogP contribution in [0, 0.1) is 0 Å². The van der Waals surface area contributed by atoms with Gasteiger partial charge in [-0.1, -0.05) is 6.07 Å². The van der Waals surface area contributed by atoms with Crippen LogP contribution in [0.5, 0.6) is 5.75 Å². The molecule has 5 heteroatoms. The van der Waals surface area contributed by atoms with E-state index < -0.39 is 5.97 Å². The Labute approximate surface area is 127 Å². The van der Waals surface area contributed by atoms with E-state index >= 15 is 0 Å². The number of carboxylic acids is 1. The van der Waals surface area contributed by atoms with Crippen LogP contribution in [0.15, 0.2) is 42.5 Å². The molecular formula is C17H15NO4. The molecule has 0 saturated carbocycles. The van der Waals surface area contributed by atoms with Crippen molar-refractivity contribution < 1.29 is 19.4 Å². The van der Waals surface area contributed by atoms with Crippen molar-refractivity contribution in [3.63, 3.8) is 0 Å². The topological polar surface area (TPSA) is 66.8 Å². The first kappa shape index (κ1) is 14.1. The lowest BCUT2D eigenvalue weighted by Crippen LogP contribution is -2.22. The number of ether oxygens (including phenoxy) is 1. The highest BCUT2D eigenvalue weighted by Gasteiger charge is 2.29. The monoisotopic (exact) mass is 297 g/mol. The predicted molar refractivity (Wildman–Crippen MR) is 81.5 cm³/mol. The van der Waals surface area contributed by atoms with Crippen LogP contribution < -0.4 is 9.64 Å². The van der Waals surface area contributed by atoms with Crippen LogP contribution >= 0.6 is 0 Å². The number of benzene rings is 2. The summed E-state index contributed by atoms with van der Waals surface area (Å²) < 4.78 is 5.39. The zero-order chi connectivity index (χ0) is 15.7. The molecule has 1 aliphatic rings. The highest BCUT2D eigenvalue weighted by molar-refractivity contribution is 6.11. The third-order valence-corrected chi connectivity index (χ3v) is 3.62. The molecule has 22 heavy (non-hydrogen) atoms. The van der Waals surface area contributed by atoms with Gasteiger partial charge in [0.1, 0.15) is 5.75 Å². The smallest absolute Gasteiger partial charge is 0.335 e. The number of hydrogen-bond acceptors (Lipinski definition) is 3. The summed E-state index contributed by atoms with van der Waals surface area (Å²) in [5, 5.41) is 9.03. The van der Waals surface area contributed by atoms with E-state index in [1.54, 1.807) is 11.0 Å². The van der Waals surface area contributed by atoms with Crippen LogP contribution in [0.3, 0.4) is 0 Å². The van der Waals surface area contributed by atoms with Crippen LogP contribution in [0.4, 0.5) is 5.69 Å². The summed E-state index contributed by atoms with van der Waals surface area (Å²) in [6.45, 7) is 2.95. The summed E-state index contributed by atoms with van der Waals surface area (Å²) in [5.41, 5.74) is 2.18. The lowest BCUT2D eigenvalue weighted by atomic mass is 10.1. The second-order valence-corrected chi connectivity index (χ2v) is 5.00. The van der Waals surface area contributed by atoms with Gasteiger partial charge in [-0.25, -0.2) is 4.79 Å². The first-order chi connectivity index (χ1) is 10.6. The molecular weight excluding hydrogens is 282 g/mol. The summed E-state index contributed by atoms with van der Waals surface area (Å²) in [4.78, 5) is 25.1. The van der Waals surface area contributed by atoms with E-state index in [1.807, 2.05) is 31.2 Å². The van der Waals surface area contributed by atoms with Crippen LogP contribution in [0.2, 0.25) is 0 Å². The molecule has 0 bridgehead atoms. The van der Waals surface area contributed by atoms with Gasteiger partial charge in [-0.15, -0.1) is 0 Å². The highest BCUT2D eigenvalue weighted by Crippen LogP contribution is 2.30. The molecule has 0 aromatic heterocycles. The normalized spacial score (nSPS) is 13.1. The third-order valence-electron chi connectivity index (χ3n) is 3.62. The van der Waals surface area contributed by atoms with E-state index in [2.05, 4.69) is 0 Å². The molecule has 5 nitrogen and oxygen atoms in total. The number of amides is 1. The summed E-state index contributed by atoms with van der Waals surface area (Å²) in [5.74, 6) is -0.457. The molecule has 2 aromatic rings. The Morgan fingerprint density at radius 1 is 1.23 bits per heavy atom. The van der Waals surface area contributed by atoms with E-state index in [1.165, 1.54) is 12.1 Å². The fraction of sp³-hybridized carbons (Fsp3) is 0.176. The van der Waals surface area contributed by atoms with Crippen molar-refractivity contribution in [1.29, 1.82) is 0 Å². The second-order valence-electron chi connectivity index (χ2n) is 5.00. The maximum atomic E-state index is 12.5. The van der Waals surface area contributed by atoms with Gasteiger partial charge in [-0.05, 0) is 48.9 Å². The largest absolute Gasteiger partial charge is 0.494 e. The Balaban J connectivity index is 1.88. The Bertz CT molecular complexity index is 737. The summed E-state index contributed by atoms with van der Waals surface area (Å²) in [7, 11) is 0. The van der Waals surface area contributed by atoms with Gasteiger partial charge in [0.25, 0.3) is 5.91 Å². The first-order valence-corrected chi connectivity index (χ1v) is 7.01. The number of rotatable bonds is 4. The number of carbonyl (C=O) groups excluding carboxylic acids is 1. The van der Waals surface area contributed by atoms with Gasteiger partial charge in [0.2, 0.25) is 0 Å². The van der Waals surface area contributed by atoms with Gasteiger partial charge in [-0.2, -0.15) is 0 Å². The molecule has 0 radical (unpaired) electrons. The van der Waals surface area contributed by atoms with Crippen LogP contribution in [0.25, 0.3) is 0 Å². The number of anilines is 1. The van der Waals surface area contributed by atoms with E-state index in [0.717, 1.165) is 17.0 Å². The fourth-order valence-corrected chi connectivity index (χ4v) is 2.53. The number of fused-ring (bicyclic) bond motifs is 1. The maximum Gasteiger partial charge on any atom is 0.335 e. The van der Waals surface area contributed by atoms with Gasteiger partial charge in [0, 0.05) is 11.3 Å². The average molecular weight is 297 g/mol. The highest BCUT2D eigenvalue weighted by atomic mass is 16.5. The number of hydrogen-bond donors (Lipinski definition) is 1. The summed E-state index contributed by atoms with van der Waals surface area (Å²) in [6, 6.07) is 11.9. The number of carboxylic acid groups (broad SMARTS) is 1. The summed E-state index contributed by atoms with van der Waals surface area (Å²) in [6.07, 6.45) is 0. The first-order valence-electron chi connectivity index (χ1n) is 7.01. The number of nitrogens with zero attached hydrogens (tertiary/aromatic N) is 1. The molecule has 0 aliphatic carbocycles. The molecule has 0 fully saturated rings. The van der Waals surface area contributed by atoms with Crippen molar-refractivity contribution in [3.05, 3.63) is 59.2 Å². The molecule has 0 atom stereocenters. The fourth-order valence-electron chi connectivity index (χ4n) is 2.53. The van der Waals surface area contributed by atoms with Crippen LogP contribution in [-0.4, -0.2) is 23.6 Å². The van der Waals surface area contributed by atoms with Gasteiger partial charge >= 0.3 is 5.97 Å². The van der Waals surface area contributed by atoms with Gasteiger partial charge < -0.3 is 14.7 Å². The molecule has 1 amide bonds. The lowest BCUT2D eigenvalue weighted by molar-refractivity contribution is 0.0697. The van der Waals surface area contributed by atoms with Gasteiger partial charge in [0.15, 0.2) is 0 Å². The minimum Gasteiger partial charge on any atom is -0.494 e. The Morgan fingerprint density at radius 3 is 2.59 bits per heavy atom. The minimum absolute atomic E-state index is 0.126. The van der Waals surface area contributed by atoms with Crippen molar-refractivity contribution in [2.45, 2.75) is 13.5 Å². The second kappa shape index (κ2) is 5.52. The van der Waals surface area contributed by atoms with Crippen molar-refractivity contribution >= 4 is 17.6 Å². The molecule has 1 heterocycles. The Kier molecular flexibility index (Phi) is 3.55. The average Bonchev–Trinajstić information content (AvgIpc) is 2.85. The van der Waals surface area contributed by atoms with E-state index in [9.17, 15) is 9.59 Å². The third kappa shape index (κ3) is 2.41. The molecule has 1 N–H and O–H groups in total. The quantitative estimate of drug-likeness (QED) is 0.942.